The summed E-state index contributed by atoms with van der Waals surface area (Å²) in [5.41, 5.74) is 1.53. The number of hydrogen-bond acceptors (Lipinski definition) is 2. The molecule has 1 aromatic rings. The summed E-state index contributed by atoms with van der Waals surface area (Å²) in [5.74, 6) is 0.739. The van der Waals surface area contributed by atoms with E-state index in [1.807, 2.05) is 11.8 Å². The van der Waals surface area contributed by atoms with E-state index in [1.165, 1.54) is 23.4 Å². The van der Waals surface area contributed by atoms with Gasteiger partial charge >= 0.3 is 0 Å². The number of thioether (sulfide) groups is 1. The summed E-state index contributed by atoms with van der Waals surface area (Å²) in [5, 5.41) is 3.41. The smallest absolute Gasteiger partial charge is 0.0104 e. The molecule has 1 nitrogen and oxygen atoms in total. The lowest BCUT2D eigenvalue weighted by Gasteiger charge is -2.12. The van der Waals surface area contributed by atoms with Crippen LogP contribution in [0.3, 0.4) is 0 Å². The molecule has 2 rings (SSSR count). The zero-order valence-electron chi connectivity index (χ0n) is 7.92. The maximum atomic E-state index is 3.41. The molecule has 13 heavy (non-hydrogen) atoms. The van der Waals surface area contributed by atoms with Gasteiger partial charge in [-0.05, 0) is 36.8 Å². The minimum atomic E-state index is 0.739. The van der Waals surface area contributed by atoms with Gasteiger partial charge in [0, 0.05) is 11.4 Å². The van der Waals surface area contributed by atoms with Gasteiger partial charge in [-0.15, -0.1) is 11.8 Å². The van der Waals surface area contributed by atoms with Crippen molar-refractivity contribution >= 4 is 11.8 Å². The Hall–Kier alpha value is -0.470. The summed E-state index contributed by atoms with van der Waals surface area (Å²) >= 11 is 1.85. The van der Waals surface area contributed by atoms with Crippen molar-refractivity contribution in [3.63, 3.8) is 0 Å². The first-order valence-corrected chi connectivity index (χ1v) is 5.98. The van der Waals surface area contributed by atoms with Gasteiger partial charge in [0.2, 0.25) is 0 Å². The summed E-state index contributed by atoms with van der Waals surface area (Å²) < 4.78 is 0. The van der Waals surface area contributed by atoms with E-state index in [4.69, 9.17) is 0 Å². The monoisotopic (exact) mass is 193 g/mol. The van der Waals surface area contributed by atoms with Crippen LogP contribution in [0.1, 0.15) is 17.9 Å². The molecule has 2 heteroatoms. The van der Waals surface area contributed by atoms with Crippen LogP contribution in [0, 0.1) is 0 Å². The molecule has 0 spiro atoms. The molecule has 1 aliphatic rings. The van der Waals surface area contributed by atoms with Crippen molar-refractivity contribution in [1.29, 1.82) is 0 Å². The second-order valence-electron chi connectivity index (χ2n) is 3.43. The van der Waals surface area contributed by atoms with Crippen LogP contribution in [-0.2, 0) is 0 Å². The third kappa shape index (κ3) is 1.89. The molecule has 0 aromatic heterocycles. The molecular formula is C11H15NS. The summed E-state index contributed by atoms with van der Waals surface area (Å²) in [6.45, 7) is 2.32. The fraction of sp³-hybridized carbons (Fsp3) is 0.455. The molecule has 1 atom stereocenters. The first-order chi connectivity index (χ1) is 6.42. The predicted octanol–water partition coefficient (Wildman–Crippen LogP) is 2.49. The first kappa shape index (κ1) is 9.10. The molecule has 1 saturated heterocycles. The van der Waals surface area contributed by atoms with Crippen molar-refractivity contribution in [2.24, 2.45) is 0 Å². The Morgan fingerprint density at radius 2 is 2.23 bits per heavy atom. The van der Waals surface area contributed by atoms with Gasteiger partial charge in [0.25, 0.3) is 0 Å². The lowest BCUT2D eigenvalue weighted by molar-refractivity contribution is 0.748. The van der Waals surface area contributed by atoms with Crippen LogP contribution in [0.5, 0.6) is 0 Å². The van der Waals surface area contributed by atoms with E-state index < -0.39 is 0 Å². The first-order valence-electron chi connectivity index (χ1n) is 4.75. The minimum Gasteiger partial charge on any atom is -0.316 e. The van der Waals surface area contributed by atoms with E-state index in [-0.39, 0.29) is 0 Å². The molecule has 1 fully saturated rings. The van der Waals surface area contributed by atoms with Crippen molar-refractivity contribution in [2.75, 3.05) is 19.3 Å². The third-order valence-corrected chi connectivity index (χ3v) is 3.45. The summed E-state index contributed by atoms with van der Waals surface area (Å²) in [7, 11) is 0. The van der Waals surface area contributed by atoms with Gasteiger partial charge in [0.1, 0.15) is 0 Å². The second-order valence-corrected chi connectivity index (χ2v) is 4.28. The van der Waals surface area contributed by atoms with E-state index in [2.05, 4.69) is 35.8 Å². The van der Waals surface area contributed by atoms with Crippen LogP contribution >= 0.6 is 11.8 Å². The Bertz CT molecular complexity index is 279. The summed E-state index contributed by atoms with van der Waals surface area (Å²) in [4.78, 5) is 1.44. The average Bonchev–Trinajstić information content (AvgIpc) is 2.70. The van der Waals surface area contributed by atoms with E-state index in [0.29, 0.717) is 0 Å². The van der Waals surface area contributed by atoms with Crippen molar-refractivity contribution in [3.8, 4) is 0 Å². The Morgan fingerprint density at radius 3 is 2.92 bits per heavy atom. The predicted molar refractivity (Wildman–Crippen MR) is 58.5 cm³/mol. The summed E-state index contributed by atoms with van der Waals surface area (Å²) in [6.07, 6.45) is 3.44. The van der Waals surface area contributed by atoms with Crippen LogP contribution in [0.2, 0.25) is 0 Å². The van der Waals surface area contributed by atoms with Crippen LogP contribution in [-0.4, -0.2) is 19.3 Å². The van der Waals surface area contributed by atoms with Gasteiger partial charge < -0.3 is 5.32 Å². The van der Waals surface area contributed by atoms with E-state index in [1.54, 1.807) is 0 Å². The highest BCUT2D eigenvalue weighted by Crippen LogP contribution is 2.30. The highest BCUT2D eigenvalue weighted by atomic mass is 32.2. The van der Waals surface area contributed by atoms with Crippen LogP contribution in [0.25, 0.3) is 0 Å². The highest BCUT2D eigenvalue weighted by molar-refractivity contribution is 7.98. The van der Waals surface area contributed by atoms with E-state index in [0.717, 1.165) is 12.5 Å². The van der Waals surface area contributed by atoms with Gasteiger partial charge in [0.15, 0.2) is 0 Å². The molecule has 0 bridgehead atoms. The quantitative estimate of drug-likeness (QED) is 0.724. The maximum Gasteiger partial charge on any atom is 0.0104 e. The van der Waals surface area contributed by atoms with Crippen molar-refractivity contribution in [3.05, 3.63) is 29.8 Å². The normalized spacial score (nSPS) is 22.1. The third-order valence-electron chi connectivity index (χ3n) is 2.64. The average molecular weight is 193 g/mol. The number of rotatable bonds is 2. The topological polar surface area (TPSA) is 12.0 Å². The Kier molecular flexibility index (Phi) is 2.91. The van der Waals surface area contributed by atoms with Crippen molar-refractivity contribution in [1.82, 2.24) is 5.32 Å². The van der Waals surface area contributed by atoms with E-state index >= 15 is 0 Å². The lowest BCUT2D eigenvalue weighted by atomic mass is 9.99. The number of nitrogens with one attached hydrogen (secondary N) is 1. The molecule has 1 heterocycles. The van der Waals surface area contributed by atoms with Gasteiger partial charge in [-0.3, -0.25) is 0 Å². The molecule has 1 aromatic carbocycles. The van der Waals surface area contributed by atoms with E-state index in [9.17, 15) is 0 Å². The standard InChI is InChI=1S/C11H15NS/c1-13-11-5-3-2-4-10(11)9-6-7-12-8-9/h2-5,9,12H,6-8H2,1H3/t9-/m1/s1. The molecule has 0 unspecified atom stereocenters. The minimum absolute atomic E-state index is 0.739. The Labute approximate surface area is 83.9 Å². The Morgan fingerprint density at radius 1 is 1.38 bits per heavy atom. The van der Waals surface area contributed by atoms with Crippen molar-refractivity contribution < 1.29 is 0 Å². The number of hydrogen-bond donors (Lipinski definition) is 1. The Balaban J connectivity index is 2.26. The maximum absolute atomic E-state index is 3.41. The van der Waals surface area contributed by atoms with Crippen LogP contribution < -0.4 is 5.32 Å². The number of benzene rings is 1. The molecule has 1 aliphatic heterocycles. The van der Waals surface area contributed by atoms with Crippen molar-refractivity contribution in [2.45, 2.75) is 17.2 Å². The fourth-order valence-electron chi connectivity index (χ4n) is 1.92. The highest BCUT2D eigenvalue weighted by Gasteiger charge is 2.18. The second kappa shape index (κ2) is 4.16. The summed E-state index contributed by atoms with van der Waals surface area (Å²) in [6, 6.07) is 8.76. The molecule has 0 saturated carbocycles. The van der Waals surface area contributed by atoms with Gasteiger partial charge in [-0.2, -0.15) is 0 Å². The van der Waals surface area contributed by atoms with Crippen LogP contribution in [0.4, 0.5) is 0 Å². The SMILES string of the molecule is CSc1ccccc1[C@@H]1CCNC1. The molecule has 0 aliphatic carbocycles. The van der Waals surface area contributed by atoms with Gasteiger partial charge in [-0.25, -0.2) is 0 Å². The molecule has 0 amide bonds. The zero-order chi connectivity index (χ0) is 9.10. The molecular weight excluding hydrogens is 178 g/mol. The zero-order valence-corrected chi connectivity index (χ0v) is 8.73. The molecule has 70 valence electrons. The lowest BCUT2D eigenvalue weighted by Crippen LogP contribution is -2.08. The van der Waals surface area contributed by atoms with Crippen LogP contribution in [0.15, 0.2) is 29.2 Å². The largest absolute Gasteiger partial charge is 0.316 e. The molecule has 1 N–H and O–H groups in total. The van der Waals surface area contributed by atoms with Gasteiger partial charge in [0.05, 0.1) is 0 Å². The fourth-order valence-corrected chi connectivity index (χ4v) is 2.61. The molecule has 0 radical (unpaired) electrons. The van der Waals surface area contributed by atoms with Gasteiger partial charge in [-0.1, -0.05) is 18.2 Å².